The molecule has 29 heavy (non-hydrogen) atoms. The molecule has 0 heterocycles. The van der Waals surface area contributed by atoms with Crippen molar-refractivity contribution in [3.8, 4) is 11.8 Å². The van der Waals surface area contributed by atoms with Crippen LogP contribution in [-0.2, 0) is 16.0 Å². The number of nitriles is 1. The quantitative estimate of drug-likeness (QED) is 0.653. The smallest absolute Gasteiger partial charge is 0.490 e. The van der Waals surface area contributed by atoms with E-state index < -0.39 is 23.2 Å². The van der Waals surface area contributed by atoms with E-state index in [4.69, 9.17) is 9.47 Å². The highest BCUT2D eigenvalue weighted by Gasteiger charge is 2.66. The predicted octanol–water partition coefficient (Wildman–Crippen LogP) is 4.92. The lowest BCUT2D eigenvalue weighted by Gasteiger charge is -2.52. The fourth-order valence-electron chi connectivity index (χ4n) is 6.27. The van der Waals surface area contributed by atoms with Gasteiger partial charge in [0.15, 0.2) is 0 Å². The zero-order valence-electron chi connectivity index (χ0n) is 16.5. The summed E-state index contributed by atoms with van der Waals surface area (Å²) in [6, 6.07) is 8.11. The maximum atomic E-state index is 12.9. The Morgan fingerprint density at radius 2 is 2.00 bits per heavy atom. The monoisotopic (exact) mass is 407 g/mol. The van der Waals surface area contributed by atoms with Crippen molar-refractivity contribution in [2.45, 2.75) is 63.1 Å². The molecule has 3 aliphatic rings. The lowest BCUT2D eigenvalue weighted by atomic mass is 9.53. The number of aryl methyl sites for hydroxylation is 1. The van der Waals surface area contributed by atoms with Crippen LogP contribution in [0.3, 0.4) is 0 Å². The molecule has 5 unspecified atom stereocenters. The molecule has 0 aliphatic heterocycles. The number of nitrogens with zero attached hydrogens (tertiary/aromatic N) is 1. The molecule has 0 bridgehead atoms. The van der Waals surface area contributed by atoms with E-state index in [0.717, 1.165) is 25.0 Å². The second-order valence-electron chi connectivity index (χ2n) is 8.80. The number of methoxy groups -OCH3 is 1. The average Bonchev–Trinajstić information content (AvgIpc) is 2.99. The van der Waals surface area contributed by atoms with Crippen molar-refractivity contribution in [3.05, 3.63) is 29.3 Å². The van der Waals surface area contributed by atoms with Crippen LogP contribution in [0, 0.1) is 28.6 Å². The summed E-state index contributed by atoms with van der Waals surface area (Å²) in [6.07, 6.45) is -1.22. The van der Waals surface area contributed by atoms with E-state index >= 15 is 0 Å². The van der Waals surface area contributed by atoms with Gasteiger partial charge < -0.3 is 9.47 Å². The second-order valence-corrected chi connectivity index (χ2v) is 8.80. The highest BCUT2D eigenvalue weighted by molar-refractivity contribution is 5.76. The summed E-state index contributed by atoms with van der Waals surface area (Å²) >= 11 is 0. The largest absolute Gasteiger partial charge is 0.497 e. The molecule has 1 aromatic rings. The number of esters is 1. The maximum Gasteiger partial charge on any atom is 0.490 e. The fraction of sp³-hybridized carbons (Fsp3) is 0.636. The predicted molar refractivity (Wildman–Crippen MR) is 98.1 cm³/mol. The summed E-state index contributed by atoms with van der Waals surface area (Å²) in [4.78, 5) is 11.6. The number of hydrogen-bond donors (Lipinski definition) is 0. The Labute approximate surface area is 168 Å². The standard InChI is InChI=1S/C22H24F3NO3/c1-20-9-7-16-15-6-4-14(28-2)11-13(15)3-5-17(16)18(20)8-10-21(20,12-26)29-19(27)22(23,24)25/h4,6,11,16-18H,3,5,7-10H2,1-2H3. The van der Waals surface area contributed by atoms with Crippen molar-refractivity contribution in [2.24, 2.45) is 17.3 Å². The summed E-state index contributed by atoms with van der Waals surface area (Å²) in [6.45, 7) is 1.84. The van der Waals surface area contributed by atoms with Crippen molar-refractivity contribution < 1.29 is 27.4 Å². The SMILES string of the molecule is COc1ccc2c(c1)CCC1C2CCC2(C)C1CCC2(C#N)OC(=O)C(F)(F)F. The van der Waals surface area contributed by atoms with Crippen LogP contribution in [0.4, 0.5) is 13.2 Å². The van der Waals surface area contributed by atoms with Crippen LogP contribution < -0.4 is 4.74 Å². The van der Waals surface area contributed by atoms with Gasteiger partial charge in [0.2, 0.25) is 5.60 Å². The first-order chi connectivity index (χ1) is 13.6. The number of carbonyl (C=O) groups excluding carboxylic acids is 1. The Bertz CT molecular complexity index is 877. The lowest BCUT2D eigenvalue weighted by Crippen LogP contribution is -2.53. The third-order valence-corrected chi connectivity index (χ3v) is 7.73. The Morgan fingerprint density at radius 1 is 1.24 bits per heavy atom. The molecule has 2 saturated carbocycles. The number of alkyl halides is 3. The van der Waals surface area contributed by atoms with Crippen LogP contribution in [0.2, 0.25) is 0 Å². The van der Waals surface area contributed by atoms with Gasteiger partial charge in [0.25, 0.3) is 0 Å². The first kappa shape index (κ1) is 20.1. The molecule has 0 N–H and O–H groups in total. The highest BCUT2D eigenvalue weighted by atomic mass is 19.4. The zero-order valence-corrected chi connectivity index (χ0v) is 16.5. The third-order valence-electron chi connectivity index (χ3n) is 7.73. The minimum atomic E-state index is -5.10. The van der Waals surface area contributed by atoms with Gasteiger partial charge in [-0.2, -0.15) is 18.4 Å². The van der Waals surface area contributed by atoms with Crippen LogP contribution in [-0.4, -0.2) is 24.9 Å². The van der Waals surface area contributed by atoms with Crippen LogP contribution in [0.5, 0.6) is 5.75 Å². The molecule has 156 valence electrons. The van der Waals surface area contributed by atoms with Gasteiger partial charge in [-0.15, -0.1) is 0 Å². The van der Waals surface area contributed by atoms with E-state index in [1.807, 2.05) is 19.1 Å². The molecule has 7 heteroatoms. The number of ether oxygens (including phenoxy) is 2. The Kier molecular flexibility index (Phi) is 4.60. The number of rotatable bonds is 2. The second kappa shape index (κ2) is 6.65. The Balaban J connectivity index is 1.65. The van der Waals surface area contributed by atoms with E-state index in [1.54, 1.807) is 7.11 Å². The molecule has 0 radical (unpaired) electrons. The first-order valence-corrected chi connectivity index (χ1v) is 10.0. The Morgan fingerprint density at radius 3 is 2.66 bits per heavy atom. The average molecular weight is 407 g/mol. The number of hydrogen-bond acceptors (Lipinski definition) is 4. The van der Waals surface area contributed by atoms with E-state index in [2.05, 4.69) is 12.1 Å². The van der Waals surface area contributed by atoms with Crippen LogP contribution in [0.25, 0.3) is 0 Å². The van der Waals surface area contributed by atoms with Gasteiger partial charge in [0, 0.05) is 11.8 Å². The molecule has 4 nitrogen and oxygen atoms in total. The molecule has 3 aliphatic carbocycles. The maximum absolute atomic E-state index is 12.9. The molecule has 4 rings (SSSR count). The third kappa shape index (κ3) is 2.91. The van der Waals surface area contributed by atoms with Gasteiger partial charge in [0.1, 0.15) is 11.8 Å². The molecule has 2 fully saturated rings. The summed E-state index contributed by atoms with van der Waals surface area (Å²) in [7, 11) is 1.64. The molecule has 0 aromatic heterocycles. The topological polar surface area (TPSA) is 59.3 Å². The van der Waals surface area contributed by atoms with Crippen molar-refractivity contribution in [2.75, 3.05) is 7.11 Å². The normalized spacial score (nSPS) is 35.7. The Hall–Kier alpha value is -2.23. The number of fused-ring (bicyclic) bond motifs is 5. The molecule has 0 saturated heterocycles. The van der Waals surface area contributed by atoms with Crippen LogP contribution >= 0.6 is 0 Å². The first-order valence-electron chi connectivity index (χ1n) is 10.0. The molecular formula is C22H24F3NO3. The van der Waals surface area contributed by atoms with Gasteiger partial charge >= 0.3 is 12.1 Å². The van der Waals surface area contributed by atoms with E-state index in [0.29, 0.717) is 18.8 Å². The number of benzene rings is 1. The van der Waals surface area contributed by atoms with Gasteiger partial charge in [-0.1, -0.05) is 13.0 Å². The van der Waals surface area contributed by atoms with Gasteiger partial charge in [-0.05, 0) is 73.1 Å². The minimum absolute atomic E-state index is 0.0529. The van der Waals surface area contributed by atoms with Crippen molar-refractivity contribution in [1.29, 1.82) is 5.26 Å². The molecule has 0 spiro atoms. The molecule has 0 amide bonds. The van der Waals surface area contributed by atoms with Crippen molar-refractivity contribution >= 4 is 5.97 Å². The molecule has 5 atom stereocenters. The summed E-state index contributed by atoms with van der Waals surface area (Å²) in [5.74, 6) is -0.794. The minimum Gasteiger partial charge on any atom is -0.497 e. The van der Waals surface area contributed by atoms with Gasteiger partial charge in [0.05, 0.1) is 7.11 Å². The van der Waals surface area contributed by atoms with Gasteiger partial charge in [-0.25, -0.2) is 4.79 Å². The summed E-state index contributed by atoms with van der Waals surface area (Å²) in [5.41, 5.74) is 0.0662. The van der Waals surface area contributed by atoms with Gasteiger partial charge in [-0.3, -0.25) is 0 Å². The van der Waals surface area contributed by atoms with Crippen LogP contribution in [0.15, 0.2) is 18.2 Å². The molecular weight excluding hydrogens is 383 g/mol. The zero-order chi connectivity index (χ0) is 21.0. The summed E-state index contributed by atoms with van der Waals surface area (Å²) in [5, 5.41) is 9.84. The lowest BCUT2D eigenvalue weighted by molar-refractivity contribution is -0.219. The van der Waals surface area contributed by atoms with Crippen LogP contribution in [0.1, 0.15) is 56.1 Å². The number of carbonyl (C=O) groups is 1. The molecule has 1 aromatic carbocycles. The van der Waals surface area contributed by atoms with E-state index in [9.17, 15) is 23.2 Å². The number of halogens is 3. The summed E-state index contributed by atoms with van der Waals surface area (Å²) < 4.78 is 48.8. The fourth-order valence-corrected chi connectivity index (χ4v) is 6.27. The van der Waals surface area contributed by atoms with E-state index in [-0.39, 0.29) is 18.3 Å². The van der Waals surface area contributed by atoms with E-state index in [1.165, 1.54) is 11.1 Å². The van der Waals surface area contributed by atoms with Crippen molar-refractivity contribution in [3.63, 3.8) is 0 Å². The highest BCUT2D eigenvalue weighted by Crippen LogP contribution is 2.65. The van der Waals surface area contributed by atoms with Crippen molar-refractivity contribution in [1.82, 2.24) is 0 Å².